The van der Waals surface area contributed by atoms with Crippen molar-refractivity contribution in [3.63, 3.8) is 0 Å². The number of amides is 1. The number of esters is 1. The summed E-state index contributed by atoms with van der Waals surface area (Å²) in [5.74, 6) is -0.0477. The summed E-state index contributed by atoms with van der Waals surface area (Å²) >= 11 is 3.43. The highest BCUT2D eigenvalue weighted by Gasteiger charge is 2.15. The molecule has 1 heterocycles. The van der Waals surface area contributed by atoms with Crippen LogP contribution in [0.5, 0.6) is 5.75 Å². The molecule has 8 nitrogen and oxygen atoms in total. The van der Waals surface area contributed by atoms with Crippen LogP contribution in [0.15, 0.2) is 31.9 Å². The van der Waals surface area contributed by atoms with Crippen LogP contribution in [-0.4, -0.2) is 25.2 Å². The summed E-state index contributed by atoms with van der Waals surface area (Å²) in [6, 6.07) is 4.46. The van der Waals surface area contributed by atoms with E-state index >= 15 is 0 Å². The summed E-state index contributed by atoms with van der Waals surface area (Å²) in [7, 11) is 0. The molecular formula is C31H47BrN2O6. The van der Waals surface area contributed by atoms with Gasteiger partial charge >= 0.3 is 17.7 Å². The van der Waals surface area contributed by atoms with Crippen LogP contribution in [0.25, 0.3) is 11.0 Å². The van der Waals surface area contributed by atoms with Crippen LogP contribution in [0.4, 0.5) is 4.79 Å². The van der Waals surface area contributed by atoms with E-state index in [9.17, 15) is 14.4 Å². The molecule has 0 unspecified atom stereocenters. The van der Waals surface area contributed by atoms with E-state index in [1.165, 1.54) is 89.2 Å². The molecule has 0 radical (unpaired) electrons. The number of unbranched alkanes of at least 4 members (excludes halogenated alkanes) is 14. The molecule has 0 spiro atoms. The number of hydrogen-bond acceptors (Lipinski definition) is 7. The van der Waals surface area contributed by atoms with Crippen molar-refractivity contribution in [1.82, 2.24) is 5.32 Å². The third-order valence-corrected chi connectivity index (χ3v) is 7.48. The number of nitrogens with one attached hydrogen (secondary N) is 1. The predicted octanol–water partition coefficient (Wildman–Crippen LogP) is 7.91. The van der Waals surface area contributed by atoms with Crippen molar-refractivity contribution in [2.45, 2.75) is 116 Å². The monoisotopic (exact) mass is 622 g/mol. The van der Waals surface area contributed by atoms with E-state index in [0.29, 0.717) is 28.4 Å². The molecule has 1 amide bonds. The lowest BCUT2D eigenvalue weighted by molar-refractivity contribution is -0.134. The molecule has 0 saturated carbocycles. The number of halogens is 1. The van der Waals surface area contributed by atoms with Gasteiger partial charge in [-0.25, -0.2) is 9.59 Å². The highest BCUT2D eigenvalue weighted by molar-refractivity contribution is 9.10. The van der Waals surface area contributed by atoms with Gasteiger partial charge in [0, 0.05) is 42.6 Å². The van der Waals surface area contributed by atoms with Crippen LogP contribution in [0.2, 0.25) is 0 Å². The lowest BCUT2D eigenvalue weighted by Crippen LogP contribution is -2.29. The molecule has 0 aliphatic heterocycles. The Bertz CT molecular complexity index is 1090. The van der Waals surface area contributed by atoms with Gasteiger partial charge in [0.25, 0.3) is 0 Å². The Labute approximate surface area is 246 Å². The summed E-state index contributed by atoms with van der Waals surface area (Å²) in [5.41, 5.74) is 5.49. The molecule has 9 heteroatoms. The maximum Gasteiger partial charge on any atom is 0.407 e. The van der Waals surface area contributed by atoms with Gasteiger partial charge in [0.15, 0.2) is 0 Å². The first-order chi connectivity index (χ1) is 19.4. The van der Waals surface area contributed by atoms with E-state index in [-0.39, 0.29) is 30.5 Å². The predicted molar refractivity (Wildman–Crippen MR) is 163 cm³/mol. The Morgan fingerprint density at radius 2 is 1.45 bits per heavy atom. The Morgan fingerprint density at radius 1 is 0.875 bits per heavy atom. The highest BCUT2D eigenvalue weighted by atomic mass is 79.9. The zero-order valence-corrected chi connectivity index (χ0v) is 25.7. The second kappa shape index (κ2) is 20.5. The van der Waals surface area contributed by atoms with E-state index in [4.69, 9.17) is 19.6 Å². The number of hydrogen-bond donors (Lipinski definition) is 2. The molecule has 40 heavy (non-hydrogen) atoms. The molecule has 0 bridgehead atoms. The number of carbonyl (C=O) groups is 2. The molecule has 0 aliphatic rings. The van der Waals surface area contributed by atoms with Gasteiger partial charge in [-0.05, 0) is 28.4 Å². The van der Waals surface area contributed by atoms with Crippen molar-refractivity contribution in [3.8, 4) is 5.75 Å². The number of carbonyl (C=O) groups excluding carboxylic acids is 2. The summed E-state index contributed by atoms with van der Waals surface area (Å²) < 4.78 is 16.5. The van der Waals surface area contributed by atoms with Crippen molar-refractivity contribution in [2.75, 3.05) is 13.1 Å². The first kappa shape index (κ1) is 33.8. The molecule has 1 aromatic carbocycles. The standard InChI is InChI=1S/C31H47BrN2O6/c1-2-3-4-5-6-7-8-9-10-11-12-13-14-15-16-17-29(35)40-28-22-27-25(21-26(28)32)24(20-30(36)39-27)23-38-31(37)34-19-18-33/h20-22H,2-19,23,33H2,1H3,(H,34,37). The molecule has 2 aromatic rings. The minimum Gasteiger partial charge on any atom is -0.445 e. The lowest BCUT2D eigenvalue weighted by atomic mass is 10.0. The van der Waals surface area contributed by atoms with Gasteiger partial charge in [0.2, 0.25) is 0 Å². The summed E-state index contributed by atoms with van der Waals surface area (Å²) in [5, 5.41) is 3.07. The average molecular weight is 624 g/mol. The minimum atomic E-state index is -0.629. The Hall–Kier alpha value is -2.39. The fourth-order valence-corrected chi connectivity index (χ4v) is 5.03. The van der Waals surface area contributed by atoms with E-state index in [1.807, 2.05) is 0 Å². The fraction of sp³-hybridized carbons (Fsp3) is 0.645. The van der Waals surface area contributed by atoms with Crippen LogP contribution in [0.1, 0.15) is 115 Å². The van der Waals surface area contributed by atoms with Gasteiger partial charge in [-0.3, -0.25) is 4.79 Å². The minimum absolute atomic E-state index is 0.122. The normalized spacial score (nSPS) is 11.1. The van der Waals surface area contributed by atoms with Crippen LogP contribution in [-0.2, 0) is 16.1 Å². The summed E-state index contributed by atoms with van der Waals surface area (Å²) in [6.07, 6.45) is 18.7. The molecule has 3 N–H and O–H groups in total. The van der Waals surface area contributed by atoms with Crippen LogP contribution < -0.4 is 21.4 Å². The summed E-state index contributed by atoms with van der Waals surface area (Å²) in [6.45, 7) is 2.72. The van der Waals surface area contributed by atoms with Crippen LogP contribution >= 0.6 is 15.9 Å². The number of nitrogens with two attached hydrogens (primary N) is 1. The third-order valence-electron chi connectivity index (χ3n) is 6.86. The molecular weight excluding hydrogens is 576 g/mol. The second-order valence-electron chi connectivity index (χ2n) is 10.3. The van der Waals surface area contributed by atoms with E-state index < -0.39 is 11.7 Å². The van der Waals surface area contributed by atoms with Crippen molar-refractivity contribution in [1.29, 1.82) is 0 Å². The molecule has 224 valence electrons. The highest BCUT2D eigenvalue weighted by Crippen LogP contribution is 2.32. The zero-order chi connectivity index (χ0) is 29.0. The first-order valence-corrected chi connectivity index (χ1v) is 15.8. The van der Waals surface area contributed by atoms with Gasteiger partial charge in [0.05, 0.1) is 4.47 Å². The molecule has 0 atom stereocenters. The molecule has 2 rings (SSSR count). The fourth-order valence-electron chi connectivity index (χ4n) is 4.61. The van der Waals surface area contributed by atoms with Crippen molar-refractivity contribution in [2.24, 2.45) is 5.73 Å². The van der Waals surface area contributed by atoms with Gasteiger partial charge in [-0.15, -0.1) is 0 Å². The molecule has 1 aromatic heterocycles. The Balaban J connectivity index is 1.66. The van der Waals surface area contributed by atoms with Crippen molar-refractivity contribution < 1.29 is 23.5 Å². The maximum absolute atomic E-state index is 12.4. The number of ether oxygens (including phenoxy) is 2. The average Bonchev–Trinajstić information content (AvgIpc) is 2.93. The quantitative estimate of drug-likeness (QED) is 0.0627. The third kappa shape index (κ3) is 13.8. The van der Waals surface area contributed by atoms with Crippen LogP contribution in [0, 0.1) is 0 Å². The van der Waals surface area contributed by atoms with Gasteiger partial charge in [-0.1, -0.05) is 96.8 Å². The summed E-state index contributed by atoms with van der Waals surface area (Å²) in [4.78, 5) is 36.2. The topological polar surface area (TPSA) is 121 Å². The number of alkyl carbamates (subject to hydrolysis) is 1. The van der Waals surface area contributed by atoms with Gasteiger partial charge < -0.3 is 24.9 Å². The zero-order valence-electron chi connectivity index (χ0n) is 24.1. The molecule has 0 fully saturated rings. The Kier molecular flexibility index (Phi) is 17.3. The first-order valence-electron chi connectivity index (χ1n) is 15.0. The SMILES string of the molecule is CCCCCCCCCCCCCCCCCC(=O)Oc1cc2oc(=O)cc(COC(=O)NCCN)c2cc1Br. The van der Waals surface area contributed by atoms with E-state index in [0.717, 1.165) is 19.3 Å². The smallest absolute Gasteiger partial charge is 0.407 e. The number of benzene rings is 1. The van der Waals surface area contributed by atoms with Gasteiger partial charge in [0.1, 0.15) is 17.9 Å². The number of rotatable bonds is 21. The van der Waals surface area contributed by atoms with Gasteiger partial charge in [-0.2, -0.15) is 0 Å². The molecule has 0 aliphatic carbocycles. The van der Waals surface area contributed by atoms with E-state index in [1.54, 1.807) is 6.07 Å². The molecule has 0 saturated heterocycles. The Morgan fingerprint density at radius 3 is 2.02 bits per heavy atom. The van der Waals surface area contributed by atoms with Crippen LogP contribution in [0.3, 0.4) is 0 Å². The van der Waals surface area contributed by atoms with Crippen molar-refractivity contribution in [3.05, 3.63) is 38.7 Å². The van der Waals surface area contributed by atoms with E-state index in [2.05, 4.69) is 28.2 Å². The maximum atomic E-state index is 12.4. The second-order valence-corrected chi connectivity index (χ2v) is 11.2. The largest absolute Gasteiger partial charge is 0.445 e. The van der Waals surface area contributed by atoms with Crippen molar-refractivity contribution >= 4 is 39.0 Å². The lowest BCUT2D eigenvalue weighted by Gasteiger charge is -2.11. The number of fused-ring (bicyclic) bond motifs is 1.